The Labute approximate surface area is 263 Å². The number of ether oxygens (including phenoxy) is 1. The van der Waals surface area contributed by atoms with E-state index in [1.165, 1.54) is 4.90 Å². The molecule has 0 radical (unpaired) electrons. The number of nitrogens with zero attached hydrogens (tertiary/aromatic N) is 3. The average Bonchev–Trinajstić information content (AvgIpc) is 2.97. The van der Waals surface area contributed by atoms with Gasteiger partial charge in [0.1, 0.15) is 12.4 Å². The summed E-state index contributed by atoms with van der Waals surface area (Å²) < 4.78 is 5.57. The molecule has 0 unspecified atom stereocenters. The van der Waals surface area contributed by atoms with Gasteiger partial charge in [0.15, 0.2) is 5.78 Å². The molecule has 0 bridgehead atoms. The van der Waals surface area contributed by atoms with E-state index in [-0.39, 0.29) is 57.4 Å². The van der Waals surface area contributed by atoms with Crippen LogP contribution in [-0.2, 0) is 48.2 Å². The number of nitrogens with two attached hydrogens (primary N) is 1. The van der Waals surface area contributed by atoms with Crippen LogP contribution in [0.15, 0.2) is 54.6 Å². The number of carbonyl (C=O) groups is 5. The highest BCUT2D eigenvalue weighted by Crippen LogP contribution is 2.10. The minimum absolute atomic E-state index is 0.0568. The summed E-state index contributed by atoms with van der Waals surface area (Å²) in [5.41, 5.74) is 8.82. The van der Waals surface area contributed by atoms with Crippen molar-refractivity contribution < 1.29 is 44.0 Å². The van der Waals surface area contributed by atoms with Crippen LogP contribution in [0.5, 0.6) is 0 Å². The molecule has 0 saturated carbocycles. The fourth-order valence-corrected chi connectivity index (χ4v) is 4.54. The first kappa shape index (κ1) is 37.2. The normalized spacial score (nSPS) is 12.0. The van der Waals surface area contributed by atoms with Crippen molar-refractivity contribution >= 4 is 29.5 Å². The number of hydrogen-bond acceptors (Lipinski definition) is 10. The van der Waals surface area contributed by atoms with Crippen molar-refractivity contribution in [3.05, 3.63) is 71.3 Å². The molecule has 0 amide bonds. The molecule has 13 heteroatoms. The van der Waals surface area contributed by atoms with E-state index >= 15 is 0 Å². The molecular formula is C32H44N4O9. The fourth-order valence-electron chi connectivity index (χ4n) is 4.54. The zero-order valence-electron chi connectivity index (χ0n) is 25.7. The molecule has 0 saturated heterocycles. The molecule has 0 aliphatic carbocycles. The maximum absolute atomic E-state index is 12.9. The van der Waals surface area contributed by atoms with Crippen molar-refractivity contribution in [2.24, 2.45) is 5.73 Å². The fraction of sp³-hybridized carbons (Fsp3) is 0.469. The van der Waals surface area contributed by atoms with Crippen LogP contribution in [0.4, 0.5) is 0 Å². The van der Waals surface area contributed by atoms with Gasteiger partial charge in [0.05, 0.1) is 38.8 Å². The molecule has 2 rings (SSSR count). The Hall–Kier alpha value is -4.01. The van der Waals surface area contributed by atoms with E-state index in [0.29, 0.717) is 25.9 Å². The molecule has 45 heavy (non-hydrogen) atoms. The van der Waals surface area contributed by atoms with E-state index in [4.69, 9.17) is 25.8 Å². The Kier molecular flexibility index (Phi) is 16.6. The Bertz CT molecular complexity index is 1220. The second-order valence-corrected chi connectivity index (χ2v) is 11.0. The first-order valence-electron chi connectivity index (χ1n) is 14.7. The van der Waals surface area contributed by atoms with Crippen molar-refractivity contribution in [3.8, 4) is 0 Å². The first-order valence-corrected chi connectivity index (χ1v) is 14.7. The standard InChI is InChI=1S/C32H44N4O9/c1-34(19-30(39)40)13-14-35(15-16-36(20-31(41)42)21-32(43)44)18-27(37)12-11-24-7-9-26(10-8-24)22-45-23-29(38)28(33)17-25-5-3-2-4-6-25/h2-10,28H,11-23,33H2,1H3,(H,39,40)(H,41,42)(H,43,44)/t28-/m1/s1. The molecular weight excluding hydrogens is 584 g/mol. The maximum atomic E-state index is 12.9. The molecule has 13 nitrogen and oxygen atoms in total. The van der Waals surface area contributed by atoms with Crippen molar-refractivity contribution in [3.63, 3.8) is 0 Å². The minimum Gasteiger partial charge on any atom is -0.480 e. The quantitative estimate of drug-likeness (QED) is 0.127. The maximum Gasteiger partial charge on any atom is 0.317 e. The van der Waals surface area contributed by atoms with E-state index in [0.717, 1.165) is 16.7 Å². The van der Waals surface area contributed by atoms with Gasteiger partial charge in [0.25, 0.3) is 0 Å². The highest BCUT2D eigenvalue weighted by molar-refractivity contribution is 5.85. The van der Waals surface area contributed by atoms with Crippen LogP contribution in [-0.4, -0.2) is 132 Å². The molecule has 246 valence electrons. The predicted molar refractivity (Wildman–Crippen MR) is 166 cm³/mol. The number of aryl methyl sites for hydroxylation is 1. The summed E-state index contributed by atoms with van der Waals surface area (Å²) in [7, 11) is 1.64. The molecule has 0 aliphatic rings. The van der Waals surface area contributed by atoms with E-state index in [2.05, 4.69) is 0 Å². The number of Topliss-reactive ketones (excluding diaryl/α,β-unsaturated/α-hetero) is 2. The van der Waals surface area contributed by atoms with Crippen LogP contribution >= 0.6 is 0 Å². The molecule has 0 spiro atoms. The van der Waals surface area contributed by atoms with Gasteiger partial charge >= 0.3 is 17.9 Å². The zero-order chi connectivity index (χ0) is 33.2. The summed E-state index contributed by atoms with van der Waals surface area (Å²) in [4.78, 5) is 63.1. The van der Waals surface area contributed by atoms with Gasteiger partial charge < -0.3 is 25.8 Å². The topological polar surface area (TPSA) is 191 Å². The second-order valence-electron chi connectivity index (χ2n) is 11.0. The van der Waals surface area contributed by atoms with Crippen molar-refractivity contribution in [2.75, 3.05) is 66.0 Å². The third-order valence-corrected chi connectivity index (χ3v) is 6.99. The highest BCUT2D eigenvalue weighted by atomic mass is 16.5. The third-order valence-electron chi connectivity index (χ3n) is 6.99. The van der Waals surface area contributed by atoms with Crippen molar-refractivity contribution in [1.29, 1.82) is 0 Å². The van der Waals surface area contributed by atoms with Crippen LogP contribution in [0.3, 0.4) is 0 Å². The second kappa shape index (κ2) is 20.1. The number of ketones is 2. The Balaban J connectivity index is 1.83. The molecule has 0 fully saturated rings. The van der Waals surface area contributed by atoms with Crippen LogP contribution in [0, 0.1) is 0 Å². The van der Waals surface area contributed by atoms with Crippen LogP contribution < -0.4 is 5.73 Å². The van der Waals surface area contributed by atoms with Gasteiger partial charge in [0, 0.05) is 32.6 Å². The molecule has 2 aromatic carbocycles. The summed E-state index contributed by atoms with van der Waals surface area (Å²) in [6, 6.07) is 16.4. The smallest absolute Gasteiger partial charge is 0.317 e. The van der Waals surface area contributed by atoms with Crippen molar-refractivity contribution in [1.82, 2.24) is 14.7 Å². The van der Waals surface area contributed by atoms with E-state index in [1.54, 1.807) is 16.8 Å². The molecule has 2 aromatic rings. The Morgan fingerprint density at radius 3 is 1.87 bits per heavy atom. The zero-order valence-corrected chi connectivity index (χ0v) is 25.7. The first-order chi connectivity index (χ1) is 21.4. The number of carboxylic acids is 3. The van der Waals surface area contributed by atoms with Gasteiger partial charge in [-0.05, 0) is 36.6 Å². The van der Waals surface area contributed by atoms with Gasteiger partial charge in [-0.25, -0.2) is 0 Å². The molecule has 1 atom stereocenters. The average molecular weight is 629 g/mol. The lowest BCUT2D eigenvalue weighted by Gasteiger charge is -2.27. The Morgan fingerprint density at radius 2 is 1.27 bits per heavy atom. The lowest BCUT2D eigenvalue weighted by molar-refractivity contribution is -0.142. The van der Waals surface area contributed by atoms with E-state index < -0.39 is 37.0 Å². The van der Waals surface area contributed by atoms with E-state index in [9.17, 15) is 24.0 Å². The molecule has 0 aromatic heterocycles. The highest BCUT2D eigenvalue weighted by Gasteiger charge is 2.18. The van der Waals surface area contributed by atoms with Crippen molar-refractivity contribution in [2.45, 2.75) is 31.9 Å². The summed E-state index contributed by atoms with van der Waals surface area (Å²) in [6.07, 6.45) is 1.19. The minimum atomic E-state index is -1.16. The van der Waals surface area contributed by atoms with Gasteiger partial charge in [0.2, 0.25) is 0 Å². The molecule has 0 heterocycles. The number of benzene rings is 2. The number of rotatable bonds is 24. The number of carbonyl (C=O) groups excluding carboxylic acids is 2. The Morgan fingerprint density at radius 1 is 0.711 bits per heavy atom. The third kappa shape index (κ3) is 16.6. The number of carboxylic acid groups (broad SMARTS) is 3. The van der Waals surface area contributed by atoms with Gasteiger partial charge in [-0.15, -0.1) is 0 Å². The van der Waals surface area contributed by atoms with Crippen LogP contribution in [0.1, 0.15) is 23.1 Å². The summed E-state index contributed by atoms with van der Waals surface area (Å²) in [5, 5.41) is 27.2. The monoisotopic (exact) mass is 628 g/mol. The van der Waals surface area contributed by atoms with Crippen LogP contribution in [0.25, 0.3) is 0 Å². The van der Waals surface area contributed by atoms with Gasteiger partial charge in [-0.2, -0.15) is 0 Å². The van der Waals surface area contributed by atoms with Crippen LogP contribution in [0.2, 0.25) is 0 Å². The summed E-state index contributed by atoms with van der Waals surface area (Å²) in [6.45, 7) is 0.185. The summed E-state index contributed by atoms with van der Waals surface area (Å²) >= 11 is 0. The molecule has 0 aliphatic heterocycles. The predicted octanol–water partition coefficient (Wildman–Crippen LogP) is 0.634. The number of likely N-dealkylation sites (N-methyl/N-ethyl adjacent to an activating group) is 1. The van der Waals surface area contributed by atoms with Gasteiger partial charge in [-0.1, -0.05) is 54.6 Å². The van der Waals surface area contributed by atoms with E-state index in [1.807, 2.05) is 54.6 Å². The SMILES string of the molecule is CN(CCN(CCN(CC(=O)O)CC(=O)O)CC(=O)CCc1ccc(COCC(=O)[C@H](N)Cc2ccccc2)cc1)CC(=O)O. The summed E-state index contributed by atoms with van der Waals surface area (Å²) in [5.74, 6) is -3.53. The number of aliphatic carboxylic acids is 3. The number of hydrogen-bond donors (Lipinski definition) is 4. The molecule has 5 N–H and O–H groups in total. The largest absolute Gasteiger partial charge is 0.480 e. The van der Waals surface area contributed by atoms with Gasteiger partial charge in [-0.3, -0.25) is 38.7 Å². The lowest BCUT2D eigenvalue weighted by Crippen LogP contribution is -2.44. The lowest BCUT2D eigenvalue weighted by atomic mass is 10.0.